The minimum absolute atomic E-state index is 0.0164. The van der Waals surface area contributed by atoms with Crippen LogP contribution in [0.4, 0.5) is 10.2 Å². The lowest BCUT2D eigenvalue weighted by Crippen LogP contribution is -2.44. The molecule has 3 aromatic carbocycles. The average molecular weight is 587 g/mol. The summed E-state index contributed by atoms with van der Waals surface area (Å²) in [5, 5.41) is 7.68. The first-order valence-electron chi connectivity index (χ1n) is 13.9. The molecule has 10 heteroatoms. The molecule has 0 unspecified atom stereocenters. The molecule has 0 bridgehead atoms. The number of carbonyl (C=O) groups excluding carboxylic acids is 2. The summed E-state index contributed by atoms with van der Waals surface area (Å²) >= 11 is 1.44. The molecule has 8 nitrogen and oxygen atoms in total. The maximum Gasteiger partial charge on any atom is 0.240 e. The zero-order valence-electron chi connectivity index (χ0n) is 23.2. The molecule has 1 fully saturated rings. The highest BCUT2D eigenvalue weighted by Crippen LogP contribution is 2.48. The number of fused-ring (bicyclic) bond motifs is 1. The lowest BCUT2D eigenvalue weighted by Gasteiger charge is -2.23. The molecular weight excluding hydrogens is 555 g/mol. The topological polar surface area (TPSA) is 85.7 Å². The van der Waals surface area contributed by atoms with Crippen molar-refractivity contribution in [2.45, 2.75) is 24.2 Å². The molecule has 2 atom stereocenters. The fourth-order valence-corrected chi connectivity index (χ4v) is 6.56. The smallest absolute Gasteiger partial charge is 0.240 e. The largest absolute Gasteiger partial charge is 0.497 e. The number of carbonyl (C=O) groups is 2. The third-order valence-electron chi connectivity index (χ3n) is 7.48. The van der Waals surface area contributed by atoms with Gasteiger partial charge in [0, 0.05) is 24.3 Å². The molecule has 2 aliphatic rings. The van der Waals surface area contributed by atoms with Crippen molar-refractivity contribution in [3.63, 3.8) is 0 Å². The van der Waals surface area contributed by atoms with Crippen molar-refractivity contribution in [3.05, 3.63) is 95.8 Å². The number of benzene rings is 3. The van der Waals surface area contributed by atoms with Crippen LogP contribution in [0.2, 0.25) is 0 Å². The molecule has 216 valence electrons. The van der Waals surface area contributed by atoms with Crippen LogP contribution in [-0.2, 0) is 14.3 Å². The summed E-state index contributed by atoms with van der Waals surface area (Å²) < 4.78 is 26.7. The van der Waals surface area contributed by atoms with Crippen LogP contribution in [0.1, 0.15) is 29.2 Å². The normalized spacial score (nSPS) is 18.4. The Balaban J connectivity index is 1.51. The second kappa shape index (κ2) is 12.4. The SMILES string of the molecule is COc1ccc(-n2nc(-c3ccccc3)c3c2N(CC(=O)NC[C@@H]2CCCO2)C(=O)CS[C@@H]3c2ccc(F)cc2)cc1. The van der Waals surface area contributed by atoms with Crippen LogP contribution in [0.25, 0.3) is 16.9 Å². The van der Waals surface area contributed by atoms with Gasteiger partial charge in [0.15, 0.2) is 0 Å². The number of ether oxygens (including phenoxy) is 2. The zero-order chi connectivity index (χ0) is 29.1. The maximum atomic E-state index is 14.0. The Labute approximate surface area is 247 Å². The van der Waals surface area contributed by atoms with Gasteiger partial charge in [0.25, 0.3) is 0 Å². The second-order valence-electron chi connectivity index (χ2n) is 10.2. The van der Waals surface area contributed by atoms with Gasteiger partial charge in [-0.05, 0) is 54.8 Å². The molecule has 3 heterocycles. The summed E-state index contributed by atoms with van der Waals surface area (Å²) in [5.41, 5.74) is 3.88. The van der Waals surface area contributed by atoms with Gasteiger partial charge in [0.2, 0.25) is 11.8 Å². The van der Waals surface area contributed by atoms with E-state index in [0.717, 1.165) is 29.5 Å². The molecule has 0 saturated carbocycles. The summed E-state index contributed by atoms with van der Waals surface area (Å²) in [6.07, 6.45) is 1.85. The first-order chi connectivity index (χ1) is 20.5. The van der Waals surface area contributed by atoms with E-state index in [4.69, 9.17) is 14.6 Å². The van der Waals surface area contributed by atoms with E-state index in [2.05, 4.69) is 5.32 Å². The molecule has 2 aliphatic heterocycles. The van der Waals surface area contributed by atoms with Crippen molar-refractivity contribution < 1.29 is 23.5 Å². The second-order valence-corrected chi connectivity index (χ2v) is 11.3. The van der Waals surface area contributed by atoms with E-state index in [-0.39, 0.29) is 41.3 Å². The highest BCUT2D eigenvalue weighted by molar-refractivity contribution is 8.00. The van der Waals surface area contributed by atoms with Crippen molar-refractivity contribution in [2.75, 3.05) is 37.5 Å². The maximum absolute atomic E-state index is 14.0. The number of hydrogen-bond donors (Lipinski definition) is 1. The van der Waals surface area contributed by atoms with Gasteiger partial charge in [-0.2, -0.15) is 5.10 Å². The number of thioether (sulfide) groups is 1. The van der Waals surface area contributed by atoms with E-state index in [1.54, 1.807) is 23.9 Å². The lowest BCUT2D eigenvalue weighted by atomic mass is 9.99. The van der Waals surface area contributed by atoms with E-state index in [9.17, 15) is 14.0 Å². The first kappa shape index (κ1) is 28.0. The van der Waals surface area contributed by atoms with Crippen LogP contribution in [0.5, 0.6) is 5.75 Å². The van der Waals surface area contributed by atoms with Gasteiger partial charge >= 0.3 is 0 Å². The molecule has 2 amide bonds. The van der Waals surface area contributed by atoms with Crippen molar-refractivity contribution in [1.29, 1.82) is 0 Å². The molecule has 1 N–H and O–H groups in total. The van der Waals surface area contributed by atoms with Gasteiger partial charge in [-0.3, -0.25) is 14.5 Å². The fourth-order valence-electron chi connectivity index (χ4n) is 5.37. The summed E-state index contributed by atoms with van der Waals surface area (Å²) in [7, 11) is 1.60. The Bertz CT molecular complexity index is 1550. The number of rotatable bonds is 8. The molecule has 1 saturated heterocycles. The molecule has 4 aromatic rings. The molecule has 1 aromatic heterocycles. The van der Waals surface area contributed by atoms with Crippen LogP contribution >= 0.6 is 11.8 Å². The third-order valence-corrected chi connectivity index (χ3v) is 8.73. The number of nitrogens with one attached hydrogen (secondary N) is 1. The molecular formula is C32H31FN4O4S. The summed E-state index contributed by atoms with van der Waals surface area (Å²) in [6, 6.07) is 23.5. The highest BCUT2D eigenvalue weighted by atomic mass is 32.2. The Morgan fingerprint density at radius 3 is 2.55 bits per heavy atom. The van der Waals surface area contributed by atoms with Crippen LogP contribution in [-0.4, -0.2) is 60.3 Å². The monoisotopic (exact) mass is 586 g/mol. The predicted molar refractivity (Wildman–Crippen MR) is 161 cm³/mol. The number of hydrogen-bond acceptors (Lipinski definition) is 6. The van der Waals surface area contributed by atoms with Crippen molar-refractivity contribution in [1.82, 2.24) is 15.1 Å². The van der Waals surface area contributed by atoms with Gasteiger partial charge in [0.1, 0.15) is 23.9 Å². The van der Waals surface area contributed by atoms with E-state index in [0.29, 0.717) is 36.1 Å². The zero-order valence-corrected chi connectivity index (χ0v) is 24.0. The number of halogens is 1. The number of methoxy groups -OCH3 is 1. The van der Waals surface area contributed by atoms with Crippen LogP contribution in [0, 0.1) is 5.82 Å². The molecule has 0 aliphatic carbocycles. The minimum Gasteiger partial charge on any atom is -0.497 e. The van der Waals surface area contributed by atoms with Gasteiger partial charge in [-0.1, -0.05) is 42.5 Å². The molecule has 0 radical (unpaired) electrons. The third kappa shape index (κ3) is 5.77. The van der Waals surface area contributed by atoms with Gasteiger partial charge in [0.05, 0.1) is 35.6 Å². The molecule has 42 heavy (non-hydrogen) atoms. The Kier molecular flexibility index (Phi) is 8.25. The van der Waals surface area contributed by atoms with Gasteiger partial charge < -0.3 is 14.8 Å². The molecule has 6 rings (SSSR count). The van der Waals surface area contributed by atoms with Gasteiger partial charge in [-0.25, -0.2) is 9.07 Å². The van der Waals surface area contributed by atoms with Crippen molar-refractivity contribution >= 4 is 29.4 Å². The van der Waals surface area contributed by atoms with Crippen molar-refractivity contribution in [2.24, 2.45) is 0 Å². The summed E-state index contributed by atoms with van der Waals surface area (Å²) in [6.45, 7) is 0.916. The van der Waals surface area contributed by atoms with Crippen LogP contribution in [0.3, 0.4) is 0 Å². The number of aromatic nitrogens is 2. The Morgan fingerprint density at radius 1 is 1.10 bits per heavy atom. The van der Waals surface area contributed by atoms with E-state index in [1.165, 1.54) is 28.8 Å². The van der Waals surface area contributed by atoms with Crippen LogP contribution in [0.15, 0.2) is 78.9 Å². The Morgan fingerprint density at radius 2 is 1.86 bits per heavy atom. The predicted octanol–water partition coefficient (Wildman–Crippen LogP) is 5.15. The van der Waals surface area contributed by atoms with E-state index in [1.807, 2.05) is 54.6 Å². The summed E-state index contributed by atoms with van der Waals surface area (Å²) in [4.78, 5) is 28.6. The first-order valence-corrected chi connectivity index (χ1v) is 14.9. The van der Waals surface area contributed by atoms with E-state index < -0.39 is 0 Å². The van der Waals surface area contributed by atoms with Crippen LogP contribution < -0.4 is 15.0 Å². The lowest BCUT2D eigenvalue weighted by molar-refractivity contribution is -0.123. The van der Waals surface area contributed by atoms with Gasteiger partial charge in [-0.15, -0.1) is 11.8 Å². The summed E-state index contributed by atoms with van der Waals surface area (Å²) in [5.74, 6) is 0.491. The van der Waals surface area contributed by atoms with Crippen molar-refractivity contribution in [3.8, 4) is 22.7 Å². The Hall–Kier alpha value is -4.15. The molecule has 0 spiro atoms. The standard InChI is InChI=1S/C32H31FN4O4S/c1-40-25-15-13-24(14-16-25)37-32-29(30(35-37)21-6-3-2-4-7-21)31(22-9-11-23(33)12-10-22)42-20-28(39)36(32)19-27(38)34-18-26-8-5-17-41-26/h2-4,6-7,9-16,26,31H,5,8,17-20H2,1H3,(H,34,38)/t26-,31+/m0/s1. The highest BCUT2D eigenvalue weighted by Gasteiger charge is 2.37. The fraction of sp³-hybridized carbons (Fsp3) is 0.281. The average Bonchev–Trinajstić information content (AvgIpc) is 3.66. The minimum atomic E-state index is -0.341. The number of amides is 2. The number of anilines is 1. The van der Waals surface area contributed by atoms with E-state index >= 15 is 0 Å². The quantitative estimate of drug-likeness (QED) is 0.307. The number of nitrogens with zero attached hydrogens (tertiary/aromatic N) is 3.